The fourth-order valence-electron chi connectivity index (χ4n) is 2.96. The van der Waals surface area contributed by atoms with Crippen LogP contribution < -0.4 is 5.32 Å². The normalized spacial score (nSPS) is 17.4. The van der Waals surface area contributed by atoms with E-state index < -0.39 is 17.7 Å². The maximum Gasteiger partial charge on any atom is 0.416 e. The fourth-order valence-corrected chi connectivity index (χ4v) is 3.81. The van der Waals surface area contributed by atoms with Crippen LogP contribution in [0, 0.1) is 5.92 Å². The van der Waals surface area contributed by atoms with Gasteiger partial charge in [-0.25, -0.2) is 4.98 Å². The summed E-state index contributed by atoms with van der Waals surface area (Å²) < 4.78 is 38.4. The largest absolute Gasteiger partial charge is 0.416 e. The molecule has 2 heterocycles. The Morgan fingerprint density at radius 1 is 1.41 bits per heavy atom. The zero-order valence-electron chi connectivity index (χ0n) is 14.5. The second-order valence-electron chi connectivity index (χ2n) is 6.32. The highest BCUT2D eigenvalue weighted by molar-refractivity contribution is 7.15. The molecule has 1 aliphatic rings. The maximum atomic E-state index is 12.8. The second kappa shape index (κ2) is 7.67. The van der Waals surface area contributed by atoms with E-state index in [0.717, 1.165) is 12.1 Å². The van der Waals surface area contributed by atoms with E-state index in [9.17, 15) is 22.8 Å². The third-order valence-corrected chi connectivity index (χ3v) is 5.29. The first kappa shape index (κ1) is 19.3. The number of alkyl halides is 3. The SMILES string of the molecule is CCN1CC(C(=O)Nc2cnc(Cc3cccc(C(F)(F)F)c3)s2)CC1=O. The van der Waals surface area contributed by atoms with Gasteiger partial charge in [0.2, 0.25) is 11.8 Å². The summed E-state index contributed by atoms with van der Waals surface area (Å²) in [7, 11) is 0. The molecule has 1 aromatic carbocycles. The third kappa shape index (κ3) is 4.65. The Balaban J connectivity index is 1.62. The predicted molar refractivity (Wildman–Crippen MR) is 95.4 cm³/mol. The third-order valence-electron chi connectivity index (χ3n) is 4.38. The first-order chi connectivity index (χ1) is 12.8. The maximum absolute atomic E-state index is 12.8. The van der Waals surface area contributed by atoms with Crippen molar-refractivity contribution in [2.45, 2.75) is 25.9 Å². The highest BCUT2D eigenvalue weighted by atomic mass is 32.1. The molecule has 1 unspecified atom stereocenters. The number of rotatable bonds is 5. The number of nitrogens with one attached hydrogen (secondary N) is 1. The summed E-state index contributed by atoms with van der Waals surface area (Å²) in [6, 6.07) is 5.10. The number of anilines is 1. The molecular formula is C18H18F3N3O2S. The fraction of sp³-hybridized carbons (Fsp3) is 0.389. The van der Waals surface area contributed by atoms with Gasteiger partial charge in [0, 0.05) is 25.9 Å². The smallest absolute Gasteiger partial charge is 0.342 e. The van der Waals surface area contributed by atoms with E-state index in [-0.39, 0.29) is 24.7 Å². The van der Waals surface area contributed by atoms with Crippen molar-refractivity contribution in [1.82, 2.24) is 9.88 Å². The highest BCUT2D eigenvalue weighted by Crippen LogP contribution is 2.30. The van der Waals surface area contributed by atoms with Gasteiger partial charge in [-0.15, -0.1) is 11.3 Å². The Bertz CT molecular complexity index is 850. The molecule has 1 saturated heterocycles. The number of hydrogen-bond donors (Lipinski definition) is 1. The monoisotopic (exact) mass is 397 g/mol. The van der Waals surface area contributed by atoms with Crippen LogP contribution in [-0.4, -0.2) is 34.8 Å². The Hall–Kier alpha value is -2.42. The molecular weight excluding hydrogens is 379 g/mol. The number of amides is 2. The van der Waals surface area contributed by atoms with Crippen molar-refractivity contribution in [3.05, 3.63) is 46.6 Å². The molecule has 0 spiro atoms. The summed E-state index contributed by atoms with van der Waals surface area (Å²) >= 11 is 1.21. The summed E-state index contributed by atoms with van der Waals surface area (Å²) in [6.07, 6.45) is -2.46. The molecule has 5 nitrogen and oxygen atoms in total. The average molecular weight is 397 g/mol. The Labute approximate surface area is 158 Å². The van der Waals surface area contributed by atoms with E-state index in [1.807, 2.05) is 6.92 Å². The van der Waals surface area contributed by atoms with Gasteiger partial charge in [-0.05, 0) is 18.6 Å². The zero-order chi connectivity index (χ0) is 19.6. The van der Waals surface area contributed by atoms with Gasteiger partial charge in [-0.3, -0.25) is 9.59 Å². The number of aromatic nitrogens is 1. The zero-order valence-corrected chi connectivity index (χ0v) is 15.4. The first-order valence-electron chi connectivity index (χ1n) is 8.45. The van der Waals surface area contributed by atoms with E-state index in [4.69, 9.17) is 0 Å². The van der Waals surface area contributed by atoms with Crippen LogP contribution in [0.5, 0.6) is 0 Å². The summed E-state index contributed by atoms with van der Waals surface area (Å²) in [5, 5.41) is 3.87. The number of nitrogens with zero attached hydrogens (tertiary/aromatic N) is 2. The Morgan fingerprint density at radius 3 is 2.85 bits per heavy atom. The number of carbonyl (C=O) groups is 2. The van der Waals surface area contributed by atoms with Crippen LogP contribution in [0.3, 0.4) is 0 Å². The molecule has 27 heavy (non-hydrogen) atoms. The molecule has 0 saturated carbocycles. The van der Waals surface area contributed by atoms with Crippen LogP contribution in [0.2, 0.25) is 0 Å². The van der Waals surface area contributed by atoms with Crippen molar-refractivity contribution in [1.29, 1.82) is 0 Å². The van der Waals surface area contributed by atoms with E-state index in [1.165, 1.54) is 23.6 Å². The van der Waals surface area contributed by atoms with Gasteiger partial charge >= 0.3 is 6.18 Å². The molecule has 2 aromatic rings. The van der Waals surface area contributed by atoms with Crippen LogP contribution >= 0.6 is 11.3 Å². The molecule has 2 amide bonds. The van der Waals surface area contributed by atoms with Crippen LogP contribution in [0.4, 0.5) is 18.2 Å². The lowest BCUT2D eigenvalue weighted by Gasteiger charge is -2.13. The Kier molecular flexibility index (Phi) is 5.50. The first-order valence-corrected chi connectivity index (χ1v) is 9.27. The van der Waals surface area contributed by atoms with Crippen molar-refractivity contribution in [2.24, 2.45) is 5.92 Å². The minimum absolute atomic E-state index is 0.0350. The number of carbonyl (C=O) groups excluding carboxylic acids is 2. The van der Waals surface area contributed by atoms with Gasteiger partial charge in [0.25, 0.3) is 0 Å². The van der Waals surface area contributed by atoms with Gasteiger partial charge < -0.3 is 10.2 Å². The van der Waals surface area contributed by atoms with E-state index >= 15 is 0 Å². The number of halogens is 3. The standard InChI is InChI=1S/C18H18F3N3O2S/c1-2-24-10-12(8-16(24)25)17(26)23-15-9-22-14(27-15)7-11-4-3-5-13(6-11)18(19,20)21/h3-6,9,12H,2,7-8,10H2,1H3,(H,23,26). The molecule has 1 N–H and O–H groups in total. The van der Waals surface area contributed by atoms with Crippen molar-refractivity contribution in [2.75, 3.05) is 18.4 Å². The molecule has 1 atom stereocenters. The van der Waals surface area contributed by atoms with Crippen molar-refractivity contribution in [3.63, 3.8) is 0 Å². The van der Waals surface area contributed by atoms with Crippen molar-refractivity contribution >= 4 is 28.2 Å². The van der Waals surface area contributed by atoms with Gasteiger partial charge in [-0.1, -0.05) is 18.2 Å². The topological polar surface area (TPSA) is 62.3 Å². The lowest BCUT2D eigenvalue weighted by molar-refractivity contribution is -0.137. The lowest BCUT2D eigenvalue weighted by Crippen LogP contribution is -2.27. The predicted octanol–water partition coefficient (Wildman–Crippen LogP) is 3.56. The molecule has 0 aliphatic carbocycles. The van der Waals surface area contributed by atoms with Crippen LogP contribution in [0.1, 0.15) is 29.5 Å². The quantitative estimate of drug-likeness (QED) is 0.839. The van der Waals surface area contributed by atoms with Crippen molar-refractivity contribution < 1.29 is 22.8 Å². The Morgan fingerprint density at radius 2 is 2.19 bits per heavy atom. The molecule has 3 rings (SSSR count). The van der Waals surface area contributed by atoms with E-state index in [1.54, 1.807) is 11.0 Å². The van der Waals surface area contributed by atoms with E-state index in [2.05, 4.69) is 10.3 Å². The average Bonchev–Trinajstić information content (AvgIpc) is 3.20. The number of hydrogen-bond acceptors (Lipinski definition) is 4. The minimum Gasteiger partial charge on any atom is -0.342 e. The molecule has 0 bridgehead atoms. The summed E-state index contributed by atoms with van der Waals surface area (Å²) in [5.41, 5.74) is -0.200. The number of likely N-dealkylation sites (tertiary alicyclic amines) is 1. The molecule has 144 valence electrons. The van der Waals surface area contributed by atoms with Gasteiger partial charge in [0.15, 0.2) is 0 Å². The highest BCUT2D eigenvalue weighted by Gasteiger charge is 2.33. The van der Waals surface area contributed by atoms with Gasteiger partial charge in [0.05, 0.1) is 22.7 Å². The van der Waals surface area contributed by atoms with Gasteiger partial charge in [0.1, 0.15) is 5.00 Å². The molecule has 0 radical (unpaired) electrons. The van der Waals surface area contributed by atoms with Crippen LogP contribution in [-0.2, 0) is 22.2 Å². The van der Waals surface area contributed by atoms with E-state index in [0.29, 0.717) is 28.7 Å². The second-order valence-corrected chi connectivity index (χ2v) is 7.43. The lowest BCUT2D eigenvalue weighted by atomic mass is 10.1. The minimum atomic E-state index is -4.39. The number of thiazole rings is 1. The molecule has 1 aliphatic heterocycles. The van der Waals surface area contributed by atoms with Crippen molar-refractivity contribution in [3.8, 4) is 0 Å². The van der Waals surface area contributed by atoms with Crippen LogP contribution in [0.15, 0.2) is 30.5 Å². The molecule has 1 fully saturated rings. The summed E-state index contributed by atoms with van der Waals surface area (Å²) in [6.45, 7) is 2.84. The molecule has 1 aromatic heterocycles. The summed E-state index contributed by atoms with van der Waals surface area (Å²) in [5.74, 6) is -0.674. The number of benzene rings is 1. The summed E-state index contributed by atoms with van der Waals surface area (Å²) in [4.78, 5) is 29.9. The van der Waals surface area contributed by atoms with Crippen LogP contribution in [0.25, 0.3) is 0 Å². The van der Waals surface area contributed by atoms with Gasteiger partial charge in [-0.2, -0.15) is 13.2 Å². The molecule has 9 heteroatoms.